The standard InChI is InChI=1S/C19H16ClN5O2/c1-12(26)22-14-5-7-15(8-6-14)24-19-21-10-9-17(25-19)18(27)23-16-4-2-3-13(20)11-16/h2-11H,1H3,(H,22,26)(H,23,27)(H,21,24,25). The molecule has 3 aromatic rings. The molecule has 3 rings (SSSR count). The van der Waals surface area contributed by atoms with Crippen LogP contribution in [-0.4, -0.2) is 21.8 Å². The molecule has 0 fully saturated rings. The fraction of sp³-hybridized carbons (Fsp3) is 0.0526. The Bertz CT molecular complexity index is 976. The molecule has 1 aromatic heterocycles. The van der Waals surface area contributed by atoms with Crippen LogP contribution in [0.4, 0.5) is 23.0 Å². The zero-order valence-electron chi connectivity index (χ0n) is 14.4. The van der Waals surface area contributed by atoms with Gasteiger partial charge in [0.2, 0.25) is 11.9 Å². The van der Waals surface area contributed by atoms with Gasteiger partial charge in [-0.3, -0.25) is 9.59 Å². The van der Waals surface area contributed by atoms with E-state index in [0.29, 0.717) is 16.4 Å². The number of amides is 2. The Balaban J connectivity index is 1.69. The summed E-state index contributed by atoms with van der Waals surface area (Å²) in [5, 5.41) is 8.97. The van der Waals surface area contributed by atoms with Crippen LogP contribution in [0, 0.1) is 0 Å². The van der Waals surface area contributed by atoms with E-state index in [9.17, 15) is 9.59 Å². The molecule has 2 amide bonds. The van der Waals surface area contributed by atoms with E-state index in [2.05, 4.69) is 25.9 Å². The smallest absolute Gasteiger partial charge is 0.274 e. The molecule has 7 nitrogen and oxygen atoms in total. The van der Waals surface area contributed by atoms with Crippen LogP contribution in [0.3, 0.4) is 0 Å². The second-order valence-corrected chi connectivity index (χ2v) is 6.05. The van der Waals surface area contributed by atoms with Gasteiger partial charge in [0, 0.05) is 35.2 Å². The second-order valence-electron chi connectivity index (χ2n) is 5.61. The minimum absolute atomic E-state index is 0.141. The minimum Gasteiger partial charge on any atom is -0.326 e. The molecule has 0 aliphatic rings. The van der Waals surface area contributed by atoms with E-state index in [1.807, 2.05) is 0 Å². The molecule has 27 heavy (non-hydrogen) atoms. The van der Waals surface area contributed by atoms with Crippen molar-refractivity contribution in [1.82, 2.24) is 9.97 Å². The number of nitrogens with zero attached hydrogens (tertiary/aromatic N) is 2. The van der Waals surface area contributed by atoms with E-state index in [1.165, 1.54) is 19.2 Å². The summed E-state index contributed by atoms with van der Waals surface area (Å²) in [5.74, 6) is -0.234. The summed E-state index contributed by atoms with van der Waals surface area (Å²) >= 11 is 5.92. The predicted molar refractivity (Wildman–Crippen MR) is 105 cm³/mol. The van der Waals surface area contributed by atoms with E-state index >= 15 is 0 Å². The summed E-state index contributed by atoms with van der Waals surface area (Å²) in [6.45, 7) is 1.44. The molecule has 0 saturated heterocycles. The van der Waals surface area contributed by atoms with Gasteiger partial charge in [-0.15, -0.1) is 0 Å². The molecule has 0 radical (unpaired) electrons. The van der Waals surface area contributed by atoms with Gasteiger partial charge in [0.05, 0.1) is 0 Å². The van der Waals surface area contributed by atoms with Crippen LogP contribution < -0.4 is 16.0 Å². The van der Waals surface area contributed by atoms with Crippen molar-refractivity contribution < 1.29 is 9.59 Å². The van der Waals surface area contributed by atoms with Crippen LogP contribution in [0.1, 0.15) is 17.4 Å². The van der Waals surface area contributed by atoms with E-state index in [1.54, 1.807) is 48.5 Å². The lowest BCUT2D eigenvalue weighted by Gasteiger charge is -2.08. The summed E-state index contributed by atoms with van der Waals surface area (Å²) in [6.07, 6.45) is 1.49. The molecule has 0 unspecified atom stereocenters. The number of nitrogens with one attached hydrogen (secondary N) is 3. The summed E-state index contributed by atoms with van der Waals surface area (Å²) in [4.78, 5) is 31.7. The number of aromatic nitrogens is 2. The van der Waals surface area contributed by atoms with Crippen LogP contribution in [0.15, 0.2) is 60.8 Å². The highest BCUT2D eigenvalue weighted by atomic mass is 35.5. The van der Waals surface area contributed by atoms with Crippen LogP contribution in [0.25, 0.3) is 0 Å². The second kappa shape index (κ2) is 8.29. The first kappa shape index (κ1) is 18.3. The molecular formula is C19H16ClN5O2. The third-order valence-corrected chi connectivity index (χ3v) is 3.67. The number of hydrogen-bond acceptors (Lipinski definition) is 5. The first-order valence-corrected chi connectivity index (χ1v) is 8.42. The number of benzene rings is 2. The Hall–Kier alpha value is -3.45. The van der Waals surface area contributed by atoms with Crippen molar-refractivity contribution in [2.75, 3.05) is 16.0 Å². The van der Waals surface area contributed by atoms with Crippen molar-refractivity contribution in [1.29, 1.82) is 0 Å². The Morgan fingerprint density at radius 1 is 0.926 bits per heavy atom. The Labute approximate surface area is 160 Å². The highest BCUT2D eigenvalue weighted by Gasteiger charge is 2.10. The SMILES string of the molecule is CC(=O)Nc1ccc(Nc2nccc(C(=O)Nc3cccc(Cl)c3)n2)cc1. The topological polar surface area (TPSA) is 96.0 Å². The van der Waals surface area contributed by atoms with Gasteiger partial charge in [-0.25, -0.2) is 9.97 Å². The largest absolute Gasteiger partial charge is 0.326 e. The zero-order valence-corrected chi connectivity index (χ0v) is 15.1. The Kier molecular flexibility index (Phi) is 5.63. The summed E-state index contributed by atoms with van der Waals surface area (Å²) in [5.41, 5.74) is 2.19. The average Bonchev–Trinajstić information content (AvgIpc) is 2.63. The van der Waals surface area contributed by atoms with Crippen LogP contribution >= 0.6 is 11.6 Å². The molecule has 3 N–H and O–H groups in total. The van der Waals surface area contributed by atoms with E-state index in [4.69, 9.17) is 11.6 Å². The van der Waals surface area contributed by atoms with Gasteiger partial charge < -0.3 is 16.0 Å². The van der Waals surface area contributed by atoms with Crippen LogP contribution in [0.5, 0.6) is 0 Å². The maximum atomic E-state index is 12.4. The van der Waals surface area contributed by atoms with E-state index in [0.717, 1.165) is 5.69 Å². The highest BCUT2D eigenvalue weighted by molar-refractivity contribution is 6.30. The molecule has 0 atom stereocenters. The molecule has 0 aliphatic carbocycles. The predicted octanol–water partition coefficient (Wildman–Crippen LogP) is 4.08. The number of hydrogen-bond donors (Lipinski definition) is 3. The van der Waals surface area contributed by atoms with Crippen molar-refractivity contribution in [2.24, 2.45) is 0 Å². The molecular weight excluding hydrogens is 366 g/mol. The van der Waals surface area contributed by atoms with Crippen LogP contribution in [0.2, 0.25) is 5.02 Å². The van der Waals surface area contributed by atoms with Gasteiger partial charge in [0.1, 0.15) is 5.69 Å². The number of carbonyl (C=O) groups is 2. The molecule has 0 aliphatic heterocycles. The maximum absolute atomic E-state index is 12.4. The minimum atomic E-state index is -0.372. The third kappa shape index (κ3) is 5.26. The molecule has 1 heterocycles. The number of anilines is 4. The van der Waals surface area contributed by atoms with E-state index < -0.39 is 0 Å². The summed E-state index contributed by atoms with van der Waals surface area (Å²) in [6, 6.07) is 15.4. The molecule has 2 aromatic carbocycles. The van der Waals surface area contributed by atoms with Gasteiger partial charge in [-0.05, 0) is 48.5 Å². The van der Waals surface area contributed by atoms with Gasteiger partial charge in [0.15, 0.2) is 0 Å². The summed E-state index contributed by atoms with van der Waals surface area (Å²) < 4.78 is 0. The van der Waals surface area contributed by atoms with Crippen LogP contribution in [-0.2, 0) is 4.79 Å². The van der Waals surface area contributed by atoms with Crippen molar-refractivity contribution in [3.63, 3.8) is 0 Å². The first-order valence-electron chi connectivity index (χ1n) is 8.04. The lowest BCUT2D eigenvalue weighted by Crippen LogP contribution is -2.14. The first-order chi connectivity index (χ1) is 13.0. The quantitative estimate of drug-likeness (QED) is 0.618. The monoisotopic (exact) mass is 381 g/mol. The fourth-order valence-electron chi connectivity index (χ4n) is 2.28. The Morgan fingerprint density at radius 3 is 2.37 bits per heavy atom. The summed E-state index contributed by atoms with van der Waals surface area (Å²) in [7, 11) is 0. The molecule has 8 heteroatoms. The number of carbonyl (C=O) groups excluding carboxylic acids is 2. The number of rotatable bonds is 5. The lowest BCUT2D eigenvalue weighted by atomic mass is 10.3. The van der Waals surface area contributed by atoms with Gasteiger partial charge in [-0.1, -0.05) is 17.7 Å². The third-order valence-electron chi connectivity index (χ3n) is 3.43. The van der Waals surface area contributed by atoms with E-state index in [-0.39, 0.29) is 23.5 Å². The lowest BCUT2D eigenvalue weighted by molar-refractivity contribution is -0.114. The maximum Gasteiger partial charge on any atom is 0.274 e. The van der Waals surface area contributed by atoms with Crippen molar-refractivity contribution in [3.8, 4) is 0 Å². The van der Waals surface area contributed by atoms with Crippen molar-refractivity contribution in [3.05, 3.63) is 71.5 Å². The normalized spacial score (nSPS) is 10.1. The Morgan fingerprint density at radius 2 is 1.67 bits per heavy atom. The molecule has 0 spiro atoms. The number of halogens is 1. The average molecular weight is 382 g/mol. The zero-order chi connectivity index (χ0) is 19.2. The molecule has 0 bridgehead atoms. The van der Waals surface area contributed by atoms with Crippen molar-refractivity contribution >= 4 is 46.4 Å². The fourth-order valence-corrected chi connectivity index (χ4v) is 2.47. The van der Waals surface area contributed by atoms with Crippen molar-refractivity contribution in [2.45, 2.75) is 6.92 Å². The van der Waals surface area contributed by atoms with Gasteiger partial charge in [0.25, 0.3) is 5.91 Å². The highest BCUT2D eigenvalue weighted by Crippen LogP contribution is 2.18. The van der Waals surface area contributed by atoms with Gasteiger partial charge >= 0.3 is 0 Å². The van der Waals surface area contributed by atoms with Gasteiger partial charge in [-0.2, -0.15) is 0 Å². The molecule has 136 valence electrons. The molecule has 0 saturated carbocycles.